The van der Waals surface area contributed by atoms with E-state index < -0.39 is 45.6 Å². The number of carbonyl (C=O) groups excluding carboxylic acids is 1. The first kappa shape index (κ1) is 33.4. The summed E-state index contributed by atoms with van der Waals surface area (Å²) in [6.45, 7) is 1.20. The molecule has 1 aromatic heterocycles. The number of thiazole rings is 1. The highest BCUT2D eigenvalue weighted by Gasteiger charge is 2.45. The monoisotopic (exact) mass is 755 g/mol. The Morgan fingerprint density at radius 1 is 1.13 bits per heavy atom. The van der Waals surface area contributed by atoms with Gasteiger partial charge in [-0.1, -0.05) is 58.8 Å². The van der Waals surface area contributed by atoms with Crippen molar-refractivity contribution in [1.82, 2.24) is 4.57 Å². The summed E-state index contributed by atoms with van der Waals surface area (Å²) >= 11 is 15.8. The maximum Gasteiger partial charge on any atom is 0.434 e. The molecule has 1 aliphatic heterocycles. The zero-order chi connectivity index (χ0) is 33.3. The van der Waals surface area contributed by atoms with Crippen LogP contribution in [0.4, 0.5) is 18.9 Å². The standard InChI is InChI=1S/C30H19BrCl2F3N3O6S/c1-2-44-28(41)23-24(17-5-9-19(33)10-6-17)38-27(40)22(46-29(38)37-26(23)30(34,35)36)13-16-11-20(31)25(21(12-16)39(42)43)45-14-15-3-7-18(32)8-4-15/h3-13,24H,2,14H2,1H3/b22-13-/t24-/m1/s1. The maximum absolute atomic E-state index is 14.3. The first-order valence-corrected chi connectivity index (χ1v) is 15.6. The van der Waals surface area contributed by atoms with Crippen LogP contribution in [0.25, 0.3) is 6.08 Å². The van der Waals surface area contributed by atoms with Crippen LogP contribution in [0.5, 0.6) is 5.75 Å². The van der Waals surface area contributed by atoms with E-state index in [2.05, 4.69) is 20.9 Å². The summed E-state index contributed by atoms with van der Waals surface area (Å²) in [6.07, 6.45) is -3.79. The van der Waals surface area contributed by atoms with E-state index in [0.717, 1.165) is 4.57 Å². The van der Waals surface area contributed by atoms with Gasteiger partial charge in [-0.05, 0) is 76.0 Å². The largest absolute Gasteiger partial charge is 0.481 e. The van der Waals surface area contributed by atoms with Gasteiger partial charge in [0.25, 0.3) is 5.56 Å². The number of aromatic nitrogens is 1. The third-order valence-electron chi connectivity index (χ3n) is 6.62. The van der Waals surface area contributed by atoms with Gasteiger partial charge in [0, 0.05) is 16.1 Å². The number of hydrogen-bond donors (Lipinski definition) is 0. The zero-order valence-electron chi connectivity index (χ0n) is 23.3. The Kier molecular flexibility index (Phi) is 9.73. The van der Waals surface area contributed by atoms with Gasteiger partial charge in [-0.3, -0.25) is 19.5 Å². The number of hydrogen-bond acceptors (Lipinski definition) is 8. The molecule has 0 aliphatic carbocycles. The number of rotatable bonds is 8. The molecule has 3 aromatic carbocycles. The summed E-state index contributed by atoms with van der Waals surface area (Å²) in [5.74, 6) is -1.36. The smallest absolute Gasteiger partial charge is 0.434 e. The lowest BCUT2D eigenvalue weighted by molar-refractivity contribution is -0.386. The van der Waals surface area contributed by atoms with Crippen molar-refractivity contribution in [3.8, 4) is 5.75 Å². The molecular weight excluding hydrogens is 738 g/mol. The summed E-state index contributed by atoms with van der Waals surface area (Å²) in [4.78, 5) is 41.5. The fourth-order valence-corrected chi connectivity index (χ4v) is 6.48. The molecule has 0 radical (unpaired) electrons. The summed E-state index contributed by atoms with van der Waals surface area (Å²) in [6, 6.07) is 13.4. The van der Waals surface area contributed by atoms with Gasteiger partial charge in [0.2, 0.25) is 5.75 Å². The molecule has 46 heavy (non-hydrogen) atoms. The second-order valence-corrected chi connectivity index (χ2v) is 12.4. The second kappa shape index (κ2) is 13.4. The fourth-order valence-electron chi connectivity index (χ4n) is 4.65. The quantitative estimate of drug-likeness (QED) is 0.110. The highest BCUT2D eigenvalue weighted by atomic mass is 79.9. The van der Waals surface area contributed by atoms with E-state index in [9.17, 15) is 32.9 Å². The predicted octanol–water partition coefficient (Wildman–Crippen LogP) is 6.90. The van der Waals surface area contributed by atoms with Crippen LogP contribution >= 0.6 is 50.5 Å². The van der Waals surface area contributed by atoms with Crippen LogP contribution < -0.4 is 19.6 Å². The topological polar surface area (TPSA) is 113 Å². The Bertz CT molecular complexity index is 2060. The van der Waals surface area contributed by atoms with Crippen molar-refractivity contribution in [2.45, 2.75) is 25.7 Å². The first-order chi connectivity index (χ1) is 21.8. The van der Waals surface area contributed by atoms with Crippen molar-refractivity contribution in [1.29, 1.82) is 0 Å². The normalized spacial score (nSPS) is 14.9. The number of esters is 1. The number of halogens is 6. The lowest BCUT2D eigenvalue weighted by atomic mass is 9.95. The van der Waals surface area contributed by atoms with Crippen molar-refractivity contribution >= 4 is 68.2 Å². The van der Waals surface area contributed by atoms with E-state index in [1.54, 1.807) is 24.3 Å². The average molecular weight is 757 g/mol. The third kappa shape index (κ3) is 6.89. The number of alkyl halides is 3. The van der Waals surface area contributed by atoms with Gasteiger partial charge in [-0.2, -0.15) is 13.2 Å². The van der Waals surface area contributed by atoms with Crippen LogP contribution in [0.1, 0.15) is 29.7 Å². The average Bonchev–Trinajstić information content (AvgIpc) is 3.30. The Labute approximate surface area is 280 Å². The number of fused-ring (bicyclic) bond motifs is 1. The van der Waals surface area contributed by atoms with Gasteiger partial charge >= 0.3 is 17.8 Å². The Hall–Kier alpha value is -3.98. The van der Waals surface area contributed by atoms with Gasteiger partial charge in [-0.25, -0.2) is 9.79 Å². The first-order valence-electron chi connectivity index (χ1n) is 13.2. The van der Waals surface area contributed by atoms with Crippen molar-refractivity contribution in [3.63, 3.8) is 0 Å². The van der Waals surface area contributed by atoms with Gasteiger partial charge < -0.3 is 9.47 Å². The molecule has 1 aliphatic rings. The number of nitro benzene ring substituents is 1. The highest BCUT2D eigenvalue weighted by Crippen LogP contribution is 2.39. The van der Waals surface area contributed by atoms with Crippen molar-refractivity contribution in [3.05, 3.63) is 133 Å². The van der Waals surface area contributed by atoms with Crippen molar-refractivity contribution in [2.75, 3.05) is 6.61 Å². The molecular formula is C30H19BrCl2F3N3O6S. The minimum Gasteiger partial charge on any atom is -0.481 e. The molecule has 2 heterocycles. The van der Waals surface area contributed by atoms with E-state index >= 15 is 0 Å². The van der Waals surface area contributed by atoms with Crippen LogP contribution in [0.3, 0.4) is 0 Å². The Morgan fingerprint density at radius 2 is 1.76 bits per heavy atom. The minimum atomic E-state index is -5.07. The predicted molar refractivity (Wildman–Crippen MR) is 169 cm³/mol. The maximum atomic E-state index is 14.3. The number of carbonyl (C=O) groups is 1. The molecule has 16 heteroatoms. The molecule has 1 atom stereocenters. The third-order valence-corrected chi connectivity index (χ3v) is 8.69. The van der Waals surface area contributed by atoms with E-state index in [0.29, 0.717) is 21.9 Å². The molecule has 0 saturated carbocycles. The molecule has 238 valence electrons. The van der Waals surface area contributed by atoms with Crippen molar-refractivity contribution in [2.24, 2.45) is 4.99 Å². The fraction of sp³-hybridized carbons (Fsp3) is 0.167. The van der Waals surface area contributed by atoms with E-state index in [1.165, 1.54) is 49.4 Å². The number of allylic oxidation sites excluding steroid dienone is 1. The molecule has 4 aromatic rings. The zero-order valence-corrected chi connectivity index (χ0v) is 27.2. The van der Waals surface area contributed by atoms with Crippen LogP contribution in [0, 0.1) is 10.1 Å². The SMILES string of the molecule is CCOC(=O)C1=C(C(F)(F)F)N=c2s/c(=C\c3cc(Br)c(OCc4ccc(Cl)cc4)c([N+](=O)[O-])c3)c(=O)n2[C@@H]1c1ccc(Cl)cc1. The van der Waals surface area contributed by atoms with E-state index in [1.807, 2.05) is 0 Å². The highest BCUT2D eigenvalue weighted by molar-refractivity contribution is 9.10. The molecule has 9 nitrogen and oxygen atoms in total. The molecule has 0 spiro atoms. The van der Waals surface area contributed by atoms with Gasteiger partial charge in [-0.15, -0.1) is 0 Å². The van der Waals surface area contributed by atoms with Crippen molar-refractivity contribution < 1.29 is 32.4 Å². The number of benzene rings is 3. The van der Waals surface area contributed by atoms with E-state index in [-0.39, 0.29) is 48.9 Å². The molecule has 0 amide bonds. The molecule has 0 saturated heterocycles. The summed E-state index contributed by atoms with van der Waals surface area (Å²) in [7, 11) is 0. The number of nitrogens with zero attached hydrogens (tertiary/aromatic N) is 3. The summed E-state index contributed by atoms with van der Waals surface area (Å²) < 4.78 is 54.7. The molecule has 0 fully saturated rings. The molecule has 5 rings (SSSR count). The lowest BCUT2D eigenvalue weighted by Gasteiger charge is -2.26. The van der Waals surface area contributed by atoms with Crippen LogP contribution in [-0.2, 0) is 16.1 Å². The molecule has 0 N–H and O–H groups in total. The van der Waals surface area contributed by atoms with Gasteiger partial charge in [0.15, 0.2) is 10.5 Å². The molecule has 0 bridgehead atoms. The van der Waals surface area contributed by atoms with Gasteiger partial charge in [0.05, 0.1) is 32.2 Å². The number of nitro groups is 1. The molecule has 0 unspecified atom stereocenters. The van der Waals surface area contributed by atoms with Gasteiger partial charge in [0.1, 0.15) is 6.61 Å². The summed E-state index contributed by atoms with van der Waals surface area (Å²) in [5, 5.41) is 12.8. The van der Waals surface area contributed by atoms with Crippen LogP contribution in [-0.4, -0.2) is 28.2 Å². The summed E-state index contributed by atoms with van der Waals surface area (Å²) in [5.41, 5.74) is -2.55. The lowest BCUT2D eigenvalue weighted by Crippen LogP contribution is -2.41. The number of ether oxygens (including phenoxy) is 2. The van der Waals surface area contributed by atoms with E-state index in [4.69, 9.17) is 32.7 Å². The second-order valence-electron chi connectivity index (χ2n) is 9.64. The Morgan fingerprint density at radius 3 is 2.35 bits per heavy atom. The minimum absolute atomic E-state index is 0.0103. The van der Waals surface area contributed by atoms with Crippen LogP contribution in [0.15, 0.2) is 86.2 Å². The van der Waals surface area contributed by atoms with Crippen LogP contribution in [0.2, 0.25) is 10.0 Å². The Balaban J connectivity index is 1.66.